The number of halogens is 4. The second-order valence-electron chi connectivity index (χ2n) is 11.5. The van der Waals surface area contributed by atoms with Gasteiger partial charge in [-0.05, 0) is 51.6 Å². The highest BCUT2D eigenvalue weighted by Gasteiger charge is 2.32. The van der Waals surface area contributed by atoms with Crippen molar-refractivity contribution >= 4 is 22.5 Å². The molecule has 14 heteroatoms. The first-order chi connectivity index (χ1) is 20.3. The number of fused-ring (bicyclic) bond motifs is 1. The molecule has 232 valence electrons. The largest absolute Gasteiger partial charge is 0.406 e. The second kappa shape index (κ2) is 12.0. The minimum absolute atomic E-state index is 0.0251. The number of carbonyl (C=O) groups excluding carboxylic acids is 1. The van der Waals surface area contributed by atoms with Gasteiger partial charge in [0.2, 0.25) is 11.7 Å². The van der Waals surface area contributed by atoms with Crippen LogP contribution in [0.1, 0.15) is 36.5 Å². The molecule has 10 nitrogen and oxygen atoms in total. The Kier molecular flexibility index (Phi) is 8.52. The highest BCUT2D eigenvalue weighted by Crippen LogP contribution is 2.35. The van der Waals surface area contributed by atoms with Crippen molar-refractivity contribution in [2.24, 2.45) is 0 Å². The van der Waals surface area contributed by atoms with Gasteiger partial charge in [-0.1, -0.05) is 11.2 Å². The summed E-state index contributed by atoms with van der Waals surface area (Å²) < 4.78 is 69.4. The number of anilines is 1. The number of hydrogen-bond acceptors (Lipinski definition) is 7. The average molecular weight is 606 g/mol. The SMILES string of the molecule is COC(C)(C)Cn1ccc(C(=O)NCc2nc(-c3cc4c(N[C@@H]5CCN(C)C[C@@H]5F)cccc4n3CC(F)(F)F)no2)c1. The lowest BCUT2D eigenvalue weighted by molar-refractivity contribution is -0.139. The Bertz CT molecular complexity index is 1580. The standard InChI is InChI=1S/C29H35F4N7O3/c1-28(2,42-4)16-39-11-8-18(14-39)27(41)34-13-25-36-26(37-43-25)24-12-19-21(35-22-9-10-38(3)15-20(22)30)6-5-7-23(19)40(24)17-29(31,32)33/h5-8,11-12,14,20,22,35H,9-10,13,15-17H2,1-4H3,(H,34,41)/t20-,22+/m0/s1. The van der Waals surface area contributed by atoms with Gasteiger partial charge in [-0.25, -0.2) is 4.39 Å². The van der Waals surface area contributed by atoms with Crippen LogP contribution >= 0.6 is 0 Å². The maximum Gasteiger partial charge on any atom is 0.406 e. The zero-order valence-corrected chi connectivity index (χ0v) is 24.4. The van der Waals surface area contributed by atoms with E-state index in [2.05, 4.69) is 20.8 Å². The number of nitrogens with zero attached hydrogens (tertiary/aromatic N) is 5. The topological polar surface area (TPSA) is 102 Å². The fourth-order valence-electron chi connectivity index (χ4n) is 5.23. The van der Waals surface area contributed by atoms with E-state index >= 15 is 0 Å². The molecule has 2 atom stereocenters. The monoisotopic (exact) mass is 605 g/mol. The molecule has 0 aliphatic carbocycles. The number of likely N-dealkylation sites (tertiary alicyclic amines) is 1. The molecule has 43 heavy (non-hydrogen) atoms. The van der Waals surface area contributed by atoms with E-state index < -0.39 is 30.5 Å². The van der Waals surface area contributed by atoms with Crippen molar-refractivity contribution in [1.29, 1.82) is 0 Å². The van der Waals surface area contributed by atoms with E-state index in [0.717, 1.165) is 4.57 Å². The molecule has 1 amide bonds. The maximum atomic E-state index is 14.8. The smallest absolute Gasteiger partial charge is 0.379 e. The van der Waals surface area contributed by atoms with Crippen LogP contribution in [0.5, 0.6) is 0 Å². The van der Waals surface area contributed by atoms with Gasteiger partial charge < -0.3 is 33.9 Å². The number of methoxy groups -OCH3 is 1. The van der Waals surface area contributed by atoms with Crippen molar-refractivity contribution in [3.05, 3.63) is 54.2 Å². The molecule has 4 heterocycles. The van der Waals surface area contributed by atoms with Gasteiger partial charge in [0.25, 0.3) is 5.91 Å². The van der Waals surface area contributed by atoms with E-state index in [9.17, 15) is 22.4 Å². The van der Waals surface area contributed by atoms with Gasteiger partial charge in [-0.3, -0.25) is 4.79 Å². The van der Waals surface area contributed by atoms with Crippen LogP contribution in [-0.4, -0.2) is 81.3 Å². The Balaban J connectivity index is 1.36. The lowest BCUT2D eigenvalue weighted by Crippen LogP contribution is -2.46. The normalized spacial score (nSPS) is 18.3. The number of alkyl halides is 4. The molecule has 0 saturated carbocycles. The fraction of sp³-hybridized carbons (Fsp3) is 0.483. The summed E-state index contributed by atoms with van der Waals surface area (Å²) in [7, 11) is 3.46. The Morgan fingerprint density at radius 2 is 2.00 bits per heavy atom. The number of benzene rings is 1. The van der Waals surface area contributed by atoms with Crippen LogP contribution in [0.4, 0.5) is 23.2 Å². The summed E-state index contributed by atoms with van der Waals surface area (Å²) >= 11 is 0. The molecule has 0 radical (unpaired) electrons. The van der Waals surface area contributed by atoms with Crippen molar-refractivity contribution in [1.82, 2.24) is 29.5 Å². The number of hydrogen-bond donors (Lipinski definition) is 2. The van der Waals surface area contributed by atoms with Crippen LogP contribution in [0, 0.1) is 0 Å². The highest BCUT2D eigenvalue weighted by atomic mass is 19.4. The van der Waals surface area contributed by atoms with Gasteiger partial charge in [0.1, 0.15) is 12.7 Å². The minimum atomic E-state index is -4.53. The van der Waals surface area contributed by atoms with E-state index in [1.54, 1.807) is 49.8 Å². The molecule has 5 rings (SSSR count). The van der Waals surface area contributed by atoms with Crippen LogP contribution < -0.4 is 10.6 Å². The second-order valence-corrected chi connectivity index (χ2v) is 11.5. The van der Waals surface area contributed by atoms with Crippen molar-refractivity contribution in [3.8, 4) is 11.5 Å². The van der Waals surface area contributed by atoms with Crippen molar-refractivity contribution < 1.29 is 31.6 Å². The third-order valence-electron chi connectivity index (χ3n) is 7.59. The van der Waals surface area contributed by atoms with E-state index in [-0.39, 0.29) is 36.4 Å². The predicted molar refractivity (Wildman–Crippen MR) is 152 cm³/mol. The third kappa shape index (κ3) is 7.19. The number of rotatable bonds is 10. The maximum absolute atomic E-state index is 14.8. The van der Waals surface area contributed by atoms with Crippen LogP contribution in [0.3, 0.4) is 0 Å². The van der Waals surface area contributed by atoms with Gasteiger partial charge >= 0.3 is 6.18 Å². The third-order valence-corrected chi connectivity index (χ3v) is 7.59. The van der Waals surface area contributed by atoms with Gasteiger partial charge in [-0.15, -0.1) is 0 Å². The number of aromatic nitrogens is 4. The molecule has 0 spiro atoms. The van der Waals surface area contributed by atoms with Gasteiger partial charge in [0, 0.05) is 43.7 Å². The average Bonchev–Trinajstić information content (AvgIpc) is 3.68. The quantitative estimate of drug-likeness (QED) is 0.249. The van der Waals surface area contributed by atoms with E-state index in [1.807, 2.05) is 30.4 Å². The van der Waals surface area contributed by atoms with E-state index in [0.29, 0.717) is 41.7 Å². The number of amides is 1. The molecule has 3 aromatic heterocycles. The van der Waals surface area contributed by atoms with Crippen molar-refractivity contribution in [2.45, 2.75) is 63.9 Å². The Morgan fingerprint density at radius 1 is 1.21 bits per heavy atom. The first kappa shape index (κ1) is 30.5. The highest BCUT2D eigenvalue weighted by molar-refractivity contribution is 5.96. The first-order valence-corrected chi connectivity index (χ1v) is 13.9. The van der Waals surface area contributed by atoms with Gasteiger partial charge in [-0.2, -0.15) is 18.2 Å². The lowest BCUT2D eigenvalue weighted by atomic mass is 10.0. The Morgan fingerprint density at radius 3 is 2.72 bits per heavy atom. The van der Waals surface area contributed by atoms with Gasteiger partial charge in [0.05, 0.1) is 41.5 Å². The summed E-state index contributed by atoms with van der Waals surface area (Å²) in [5.41, 5.74) is 0.897. The molecule has 0 bridgehead atoms. The number of piperidine rings is 1. The first-order valence-electron chi connectivity index (χ1n) is 13.9. The fourth-order valence-corrected chi connectivity index (χ4v) is 5.23. The van der Waals surface area contributed by atoms with Crippen molar-refractivity contribution in [3.63, 3.8) is 0 Å². The molecule has 0 unspecified atom stereocenters. The van der Waals surface area contributed by atoms with E-state index in [4.69, 9.17) is 9.26 Å². The molecule has 2 N–H and O–H groups in total. The zero-order chi connectivity index (χ0) is 30.9. The van der Waals surface area contributed by atoms with Crippen LogP contribution in [0.2, 0.25) is 0 Å². The molecular formula is C29H35F4N7O3. The molecular weight excluding hydrogens is 570 g/mol. The summed E-state index contributed by atoms with van der Waals surface area (Å²) in [5.74, 6) is -0.418. The predicted octanol–water partition coefficient (Wildman–Crippen LogP) is 4.86. The number of ether oxygens (including phenoxy) is 1. The van der Waals surface area contributed by atoms with Gasteiger partial charge in [0.15, 0.2) is 0 Å². The minimum Gasteiger partial charge on any atom is -0.379 e. The summed E-state index contributed by atoms with van der Waals surface area (Å²) in [4.78, 5) is 18.9. The molecule has 1 aromatic carbocycles. The van der Waals surface area contributed by atoms with Crippen LogP contribution in [-0.2, 0) is 24.4 Å². The Labute approximate surface area is 246 Å². The number of carbonyl (C=O) groups is 1. The summed E-state index contributed by atoms with van der Waals surface area (Å²) in [6, 6.07) is 7.65. The van der Waals surface area contributed by atoms with Crippen LogP contribution in [0.25, 0.3) is 22.4 Å². The summed E-state index contributed by atoms with van der Waals surface area (Å²) in [5, 5.41) is 10.3. The number of nitrogens with one attached hydrogen (secondary N) is 2. The van der Waals surface area contributed by atoms with Crippen molar-refractivity contribution in [2.75, 3.05) is 32.6 Å². The summed E-state index contributed by atoms with van der Waals surface area (Å²) in [6.07, 6.45) is -1.65. The Hall–Kier alpha value is -3.91. The van der Waals surface area contributed by atoms with E-state index in [1.165, 1.54) is 0 Å². The lowest BCUT2D eigenvalue weighted by Gasteiger charge is -2.33. The summed E-state index contributed by atoms with van der Waals surface area (Å²) in [6.45, 7) is 3.97. The molecule has 4 aromatic rings. The zero-order valence-electron chi connectivity index (χ0n) is 24.4. The molecule has 1 aliphatic heterocycles. The molecule has 1 fully saturated rings. The van der Waals surface area contributed by atoms with Crippen LogP contribution in [0.15, 0.2) is 47.2 Å². The molecule has 1 saturated heterocycles. The molecule has 1 aliphatic rings.